The number of ether oxygens (including phenoxy) is 1. The van der Waals surface area contributed by atoms with Crippen LogP contribution in [0.25, 0.3) is 11.4 Å². The van der Waals surface area contributed by atoms with E-state index in [1.54, 1.807) is 0 Å². The number of carbonyl (C=O) groups excluding carboxylic acids is 1. The number of rotatable bonds is 5. The molecule has 1 aromatic heterocycles. The van der Waals surface area contributed by atoms with Gasteiger partial charge in [-0.1, -0.05) is 12.1 Å². The van der Waals surface area contributed by atoms with Crippen molar-refractivity contribution in [1.29, 1.82) is 0 Å². The SMILES string of the molecule is Cc1nc(-c2cccc(NC(=O)COC3CCNCC3)c2)n[nH]1. The van der Waals surface area contributed by atoms with Crippen molar-refractivity contribution in [3.05, 3.63) is 30.1 Å². The van der Waals surface area contributed by atoms with Crippen LogP contribution in [0.15, 0.2) is 24.3 Å². The van der Waals surface area contributed by atoms with Crippen molar-refractivity contribution >= 4 is 11.6 Å². The van der Waals surface area contributed by atoms with E-state index in [0.29, 0.717) is 11.5 Å². The molecule has 3 rings (SSSR count). The Morgan fingerprint density at radius 2 is 2.22 bits per heavy atom. The van der Waals surface area contributed by atoms with Gasteiger partial charge >= 0.3 is 0 Å². The average molecular weight is 315 g/mol. The summed E-state index contributed by atoms with van der Waals surface area (Å²) in [7, 11) is 0. The summed E-state index contributed by atoms with van der Waals surface area (Å²) in [6.45, 7) is 3.82. The molecule has 0 bridgehead atoms. The standard InChI is InChI=1S/C16H21N5O2/c1-11-18-16(21-20-11)12-3-2-4-13(9-12)19-15(22)10-23-14-5-7-17-8-6-14/h2-4,9,14,17H,5-8,10H2,1H3,(H,19,22)(H,18,20,21). The van der Waals surface area contributed by atoms with E-state index in [4.69, 9.17) is 4.74 Å². The van der Waals surface area contributed by atoms with E-state index in [1.807, 2.05) is 31.2 Å². The predicted molar refractivity (Wildman–Crippen MR) is 87.0 cm³/mol. The number of aryl methyl sites for hydroxylation is 1. The van der Waals surface area contributed by atoms with E-state index in [2.05, 4.69) is 25.8 Å². The maximum absolute atomic E-state index is 12.0. The van der Waals surface area contributed by atoms with Crippen LogP contribution >= 0.6 is 0 Å². The highest BCUT2D eigenvalue weighted by molar-refractivity contribution is 5.92. The lowest BCUT2D eigenvalue weighted by molar-refractivity contribution is -0.123. The highest BCUT2D eigenvalue weighted by Crippen LogP contribution is 2.19. The summed E-state index contributed by atoms with van der Waals surface area (Å²) in [5.74, 6) is 1.22. The molecule has 1 aliphatic heterocycles. The minimum absolute atomic E-state index is 0.0780. The third kappa shape index (κ3) is 4.37. The van der Waals surface area contributed by atoms with Crippen LogP contribution in [0.4, 0.5) is 5.69 Å². The Kier molecular flexibility index (Phi) is 4.99. The summed E-state index contributed by atoms with van der Waals surface area (Å²) < 4.78 is 5.65. The number of anilines is 1. The lowest BCUT2D eigenvalue weighted by atomic mass is 10.1. The van der Waals surface area contributed by atoms with E-state index < -0.39 is 0 Å². The topological polar surface area (TPSA) is 91.9 Å². The van der Waals surface area contributed by atoms with E-state index >= 15 is 0 Å². The first kappa shape index (κ1) is 15.6. The average Bonchev–Trinajstić information content (AvgIpc) is 3.01. The lowest BCUT2D eigenvalue weighted by Crippen LogP contribution is -2.34. The van der Waals surface area contributed by atoms with Crippen LogP contribution in [0.2, 0.25) is 0 Å². The second kappa shape index (κ2) is 7.34. The van der Waals surface area contributed by atoms with Gasteiger partial charge in [0.25, 0.3) is 0 Å². The van der Waals surface area contributed by atoms with Gasteiger partial charge in [-0.2, -0.15) is 5.10 Å². The number of piperidine rings is 1. The summed E-state index contributed by atoms with van der Waals surface area (Å²) in [6.07, 6.45) is 2.07. The van der Waals surface area contributed by atoms with Crippen molar-refractivity contribution in [2.45, 2.75) is 25.9 Å². The van der Waals surface area contributed by atoms with Gasteiger partial charge in [0.1, 0.15) is 12.4 Å². The van der Waals surface area contributed by atoms with Gasteiger partial charge in [-0.05, 0) is 45.0 Å². The highest BCUT2D eigenvalue weighted by atomic mass is 16.5. The summed E-state index contributed by atoms with van der Waals surface area (Å²) in [5, 5.41) is 13.1. The third-order valence-electron chi connectivity index (χ3n) is 3.74. The molecule has 23 heavy (non-hydrogen) atoms. The minimum atomic E-state index is -0.146. The normalized spacial score (nSPS) is 15.5. The van der Waals surface area contributed by atoms with Crippen LogP contribution in [0.5, 0.6) is 0 Å². The summed E-state index contributed by atoms with van der Waals surface area (Å²) in [4.78, 5) is 16.3. The van der Waals surface area contributed by atoms with Crippen molar-refractivity contribution in [1.82, 2.24) is 20.5 Å². The van der Waals surface area contributed by atoms with Crippen LogP contribution in [-0.4, -0.2) is 46.9 Å². The third-order valence-corrected chi connectivity index (χ3v) is 3.74. The molecule has 1 aromatic carbocycles. The molecule has 0 unspecified atom stereocenters. The molecule has 122 valence electrons. The van der Waals surface area contributed by atoms with Crippen LogP contribution in [0.1, 0.15) is 18.7 Å². The van der Waals surface area contributed by atoms with Crippen LogP contribution in [0, 0.1) is 6.92 Å². The molecule has 1 fully saturated rings. The fourth-order valence-electron chi connectivity index (χ4n) is 2.56. The molecule has 1 saturated heterocycles. The van der Waals surface area contributed by atoms with Gasteiger partial charge in [-0.15, -0.1) is 0 Å². The first-order valence-corrected chi connectivity index (χ1v) is 7.82. The number of aromatic amines is 1. The number of H-pyrrole nitrogens is 1. The zero-order valence-electron chi connectivity index (χ0n) is 13.1. The van der Waals surface area contributed by atoms with E-state index in [1.165, 1.54) is 0 Å². The number of hydrogen-bond acceptors (Lipinski definition) is 5. The van der Waals surface area contributed by atoms with Gasteiger partial charge in [-0.25, -0.2) is 4.98 Å². The van der Waals surface area contributed by atoms with Gasteiger partial charge in [-0.3, -0.25) is 9.89 Å². The zero-order valence-corrected chi connectivity index (χ0v) is 13.1. The molecule has 3 N–H and O–H groups in total. The molecule has 0 aliphatic carbocycles. The van der Waals surface area contributed by atoms with Crippen LogP contribution in [0.3, 0.4) is 0 Å². The first-order chi connectivity index (χ1) is 11.2. The molecular formula is C16H21N5O2. The number of carbonyl (C=O) groups is 1. The minimum Gasteiger partial charge on any atom is -0.368 e. The highest BCUT2D eigenvalue weighted by Gasteiger charge is 2.15. The van der Waals surface area contributed by atoms with E-state index in [-0.39, 0.29) is 18.6 Å². The number of amides is 1. The number of hydrogen-bond donors (Lipinski definition) is 3. The Morgan fingerprint density at radius 3 is 2.96 bits per heavy atom. The maximum atomic E-state index is 12.0. The van der Waals surface area contributed by atoms with Crippen molar-refractivity contribution in [3.63, 3.8) is 0 Å². The molecule has 7 heteroatoms. The second-order valence-corrected chi connectivity index (χ2v) is 5.63. The van der Waals surface area contributed by atoms with E-state index in [9.17, 15) is 4.79 Å². The number of aromatic nitrogens is 3. The quantitative estimate of drug-likeness (QED) is 0.777. The Hall–Kier alpha value is -2.25. The number of benzene rings is 1. The monoisotopic (exact) mass is 315 g/mol. The van der Waals surface area contributed by atoms with Crippen LogP contribution in [-0.2, 0) is 9.53 Å². The molecule has 2 heterocycles. The molecule has 0 radical (unpaired) electrons. The molecule has 2 aromatic rings. The van der Waals surface area contributed by atoms with Gasteiger partial charge < -0.3 is 15.4 Å². The molecule has 1 amide bonds. The maximum Gasteiger partial charge on any atom is 0.250 e. The molecule has 1 aliphatic rings. The first-order valence-electron chi connectivity index (χ1n) is 7.82. The zero-order chi connectivity index (χ0) is 16.1. The Balaban J connectivity index is 1.56. The summed E-state index contributed by atoms with van der Waals surface area (Å²) in [6, 6.07) is 7.46. The van der Waals surface area contributed by atoms with Gasteiger partial charge in [0.2, 0.25) is 5.91 Å². The van der Waals surface area contributed by atoms with Crippen molar-refractivity contribution < 1.29 is 9.53 Å². The van der Waals surface area contributed by atoms with Crippen LogP contribution < -0.4 is 10.6 Å². The molecule has 7 nitrogen and oxygen atoms in total. The lowest BCUT2D eigenvalue weighted by Gasteiger charge is -2.22. The largest absolute Gasteiger partial charge is 0.368 e. The van der Waals surface area contributed by atoms with Gasteiger partial charge in [0.05, 0.1) is 6.10 Å². The Morgan fingerprint density at radius 1 is 1.39 bits per heavy atom. The molecule has 0 atom stereocenters. The van der Waals surface area contributed by atoms with E-state index in [0.717, 1.165) is 37.3 Å². The Bertz CT molecular complexity index is 664. The second-order valence-electron chi connectivity index (χ2n) is 5.63. The Labute approximate surface area is 134 Å². The smallest absolute Gasteiger partial charge is 0.250 e. The summed E-state index contributed by atoms with van der Waals surface area (Å²) >= 11 is 0. The molecule has 0 spiro atoms. The molecular weight excluding hydrogens is 294 g/mol. The van der Waals surface area contributed by atoms with Crippen molar-refractivity contribution in [2.24, 2.45) is 0 Å². The van der Waals surface area contributed by atoms with Gasteiger partial charge in [0, 0.05) is 11.3 Å². The number of nitrogens with one attached hydrogen (secondary N) is 3. The number of nitrogens with zero attached hydrogens (tertiary/aromatic N) is 2. The molecule has 0 saturated carbocycles. The van der Waals surface area contributed by atoms with Crippen molar-refractivity contribution in [2.75, 3.05) is 25.0 Å². The van der Waals surface area contributed by atoms with Crippen molar-refractivity contribution in [3.8, 4) is 11.4 Å². The fourth-order valence-corrected chi connectivity index (χ4v) is 2.56. The van der Waals surface area contributed by atoms with Gasteiger partial charge in [0.15, 0.2) is 5.82 Å². The fraction of sp³-hybridized carbons (Fsp3) is 0.438. The predicted octanol–water partition coefficient (Wildman–Crippen LogP) is 1.49. The summed E-state index contributed by atoms with van der Waals surface area (Å²) in [5.41, 5.74) is 1.57.